The van der Waals surface area contributed by atoms with Crippen molar-refractivity contribution in [1.82, 2.24) is 16.0 Å². The molecule has 0 heterocycles. The number of amides is 2. The van der Waals surface area contributed by atoms with E-state index in [0.29, 0.717) is 6.54 Å². The van der Waals surface area contributed by atoms with Crippen molar-refractivity contribution in [2.75, 3.05) is 6.54 Å². The molecule has 11 heteroatoms. The van der Waals surface area contributed by atoms with Gasteiger partial charge in [0.1, 0.15) is 0 Å². The third kappa shape index (κ3) is 7.01. The van der Waals surface area contributed by atoms with Gasteiger partial charge in [-0.05, 0) is 36.6 Å². The lowest BCUT2D eigenvalue weighted by Crippen LogP contribution is -2.53. The van der Waals surface area contributed by atoms with Crippen molar-refractivity contribution >= 4 is 17.5 Å². The predicted molar refractivity (Wildman–Crippen MR) is 118 cm³/mol. The fourth-order valence-electron chi connectivity index (χ4n) is 3.89. The molecule has 182 valence electrons. The molecule has 2 aromatic rings. The van der Waals surface area contributed by atoms with Crippen molar-refractivity contribution in [3.63, 3.8) is 0 Å². The average molecular weight is 478 g/mol. The topological polar surface area (TPSA) is 113 Å². The van der Waals surface area contributed by atoms with Crippen LogP contribution in [0, 0.1) is 10.1 Å². The van der Waals surface area contributed by atoms with Crippen molar-refractivity contribution < 1.29 is 27.7 Å². The summed E-state index contributed by atoms with van der Waals surface area (Å²) >= 11 is 0. The highest BCUT2D eigenvalue weighted by molar-refractivity contribution is 5.96. The third-order valence-electron chi connectivity index (χ3n) is 5.69. The minimum atomic E-state index is -4.56. The molecule has 1 aliphatic rings. The van der Waals surface area contributed by atoms with Gasteiger partial charge in [-0.15, -0.1) is 0 Å². The van der Waals surface area contributed by atoms with Crippen LogP contribution in [0.3, 0.4) is 0 Å². The quantitative estimate of drug-likeness (QED) is 0.397. The van der Waals surface area contributed by atoms with E-state index in [-0.39, 0.29) is 29.9 Å². The molecule has 0 radical (unpaired) electrons. The molecule has 1 aliphatic carbocycles. The molecule has 34 heavy (non-hydrogen) atoms. The zero-order chi connectivity index (χ0) is 24.7. The summed E-state index contributed by atoms with van der Waals surface area (Å²) in [4.78, 5) is 34.9. The summed E-state index contributed by atoms with van der Waals surface area (Å²) in [6, 6.07) is 10.0. The molecule has 0 bridgehead atoms. The first-order valence-corrected chi connectivity index (χ1v) is 10.8. The van der Waals surface area contributed by atoms with Gasteiger partial charge in [0, 0.05) is 36.3 Å². The Labute approximate surface area is 194 Å². The number of halogens is 3. The average Bonchev–Trinajstić information content (AvgIpc) is 2.82. The molecule has 8 nitrogen and oxygen atoms in total. The van der Waals surface area contributed by atoms with Gasteiger partial charge in [0.2, 0.25) is 5.91 Å². The van der Waals surface area contributed by atoms with Crippen molar-refractivity contribution in [2.45, 2.75) is 50.5 Å². The fourth-order valence-corrected chi connectivity index (χ4v) is 3.89. The van der Waals surface area contributed by atoms with Gasteiger partial charge in [0.05, 0.1) is 17.0 Å². The second kappa shape index (κ2) is 11.1. The maximum absolute atomic E-state index is 12.8. The fraction of sp³-hybridized carbons (Fsp3) is 0.391. The van der Waals surface area contributed by atoms with E-state index in [4.69, 9.17) is 0 Å². The monoisotopic (exact) mass is 478 g/mol. The molecule has 2 aromatic carbocycles. The molecular formula is C23H25F3N4O4. The Balaban J connectivity index is 1.50. The van der Waals surface area contributed by atoms with Crippen molar-refractivity contribution in [3.05, 3.63) is 75.3 Å². The highest BCUT2D eigenvalue weighted by atomic mass is 19.4. The number of carbonyl (C=O) groups is 2. The standard InChI is InChI=1S/C23H25F3N4O4/c24-23(25,26)17-5-3-4-16(12-17)22(32)28-14-21(31)29-20-7-2-1-6-19(20)27-13-15-8-10-18(11-9-15)30(33)34/h3-5,8-12,19-20,27H,1-2,6-7,13-14H2,(H,28,32)(H,29,31)/t19-,20+/m0/s1. The summed E-state index contributed by atoms with van der Waals surface area (Å²) in [5.41, 5.74) is -0.231. The molecule has 0 saturated heterocycles. The molecule has 3 rings (SSSR count). The molecule has 2 amide bonds. The van der Waals surface area contributed by atoms with Crippen LogP contribution in [0.1, 0.15) is 47.2 Å². The zero-order valence-corrected chi connectivity index (χ0v) is 18.2. The maximum Gasteiger partial charge on any atom is 0.416 e. The van der Waals surface area contributed by atoms with E-state index in [1.54, 1.807) is 12.1 Å². The lowest BCUT2D eigenvalue weighted by Gasteiger charge is -2.33. The number of non-ortho nitro benzene ring substituents is 1. The number of alkyl halides is 3. The van der Waals surface area contributed by atoms with Gasteiger partial charge in [-0.25, -0.2) is 0 Å². The van der Waals surface area contributed by atoms with E-state index in [1.165, 1.54) is 18.2 Å². The Morgan fingerprint density at radius 2 is 1.71 bits per heavy atom. The van der Waals surface area contributed by atoms with Crippen LogP contribution in [-0.4, -0.2) is 35.4 Å². The summed E-state index contributed by atoms with van der Waals surface area (Å²) in [7, 11) is 0. The molecule has 0 aromatic heterocycles. The number of hydrogen-bond acceptors (Lipinski definition) is 5. The number of nitrogens with one attached hydrogen (secondary N) is 3. The van der Waals surface area contributed by atoms with E-state index < -0.39 is 28.5 Å². The molecule has 0 unspecified atom stereocenters. The number of hydrogen-bond donors (Lipinski definition) is 3. The van der Waals surface area contributed by atoms with Gasteiger partial charge >= 0.3 is 6.18 Å². The zero-order valence-electron chi connectivity index (χ0n) is 18.2. The SMILES string of the molecule is O=C(CNC(=O)c1cccc(C(F)(F)F)c1)N[C@@H]1CCCC[C@@H]1NCc1ccc([N+](=O)[O-])cc1. The van der Waals surface area contributed by atoms with E-state index in [2.05, 4.69) is 16.0 Å². The van der Waals surface area contributed by atoms with E-state index in [9.17, 15) is 32.9 Å². The van der Waals surface area contributed by atoms with Crippen LogP contribution in [0.4, 0.5) is 18.9 Å². The van der Waals surface area contributed by atoms with Crippen LogP contribution in [0.2, 0.25) is 0 Å². The predicted octanol–water partition coefficient (Wildman–Crippen LogP) is 3.56. The van der Waals surface area contributed by atoms with Crippen LogP contribution >= 0.6 is 0 Å². The molecule has 1 saturated carbocycles. The number of benzene rings is 2. The Bertz CT molecular complexity index is 1030. The lowest BCUT2D eigenvalue weighted by molar-refractivity contribution is -0.384. The largest absolute Gasteiger partial charge is 0.416 e. The number of nitrogens with zero attached hydrogens (tertiary/aromatic N) is 1. The molecular weight excluding hydrogens is 453 g/mol. The van der Waals surface area contributed by atoms with Gasteiger partial charge < -0.3 is 16.0 Å². The first-order valence-electron chi connectivity index (χ1n) is 10.8. The summed E-state index contributed by atoms with van der Waals surface area (Å²) < 4.78 is 38.5. The minimum absolute atomic E-state index is 0.0127. The Morgan fingerprint density at radius 1 is 1.03 bits per heavy atom. The van der Waals surface area contributed by atoms with Crippen LogP contribution in [-0.2, 0) is 17.5 Å². The molecule has 3 N–H and O–H groups in total. The van der Waals surface area contributed by atoms with Crippen LogP contribution in [0.25, 0.3) is 0 Å². The number of carbonyl (C=O) groups excluding carboxylic acids is 2. The van der Waals surface area contributed by atoms with Gasteiger partial charge in [0.25, 0.3) is 11.6 Å². The normalized spacial score (nSPS) is 18.2. The van der Waals surface area contributed by atoms with Gasteiger partial charge in [-0.2, -0.15) is 13.2 Å². The summed E-state index contributed by atoms with van der Waals surface area (Å²) in [5, 5.41) is 19.4. The molecule has 0 spiro atoms. The number of nitro benzene ring substituents is 1. The van der Waals surface area contributed by atoms with E-state index in [1.807, 2.05) is 0 Å². The molecule has 2 atom stereocenters. The highest BCUT2D eigenvalue weighted by Gasteiger charge is 2.31. The van der Waals surface area contributed by atoms with Gasteiger partial charge in [0.15, 0.2) is 0 Å². The first-order chi connectivity index (χ1) is 16.1. The maximum atomic E-state index is 12.8. The Morgan fingerprint density at radius 3 is 2.35 bits per heavy atom. The smallest absolute Gasteiger partial charge is 0.350 e. The Hall–Kier alpha value is -3.47. The Kier molecular flexibility index (Phi) is 8.21. The van der Waals surface area contributed by atoms with Crippen LogP contribution < -0.4 is 16.0 Å². The second-order valence-electron chi connectivity index (χ2n) is 8.13. The summed E-state index contributed by atoms with van der Waals surface area (Å²) in [6.45, 7) is 0.113. The van der Waals surface area contributed by atoms with Crippen molar-refractivity contribution in [2.24, 2.45) is 0 Å². The minimum Gasteiger partial charge on any atom is -0.350 e. The van der Waals surface area contributed by atoms with Gasteiger partial charge in [-0.1, -0.05) is 31.0 Å². The van der Waals surface area contributed by atoms with E-state index in [0.717, 1.165) is 49.4 Å². The molecule has 0 aliphatic heterocycles. The summed E-state index contributed by atoms with van der Waals surface area (Å²) in [5.74, 6) is -1.20. The van der Waals surface area contributed by atoms with Crippen molar-refractivity contribution in [1.29, 1.82) is 0 Å². The number of nitro groups is 1. The third-order valence-corrected chi connectivity index (χ3v) is 5.69. The number of rotatable bonds is 8. The van der Waals surface area contributed by atoms with Crippen LogP contribution in [0.15, 0.2) is 48.5 Å². The lowest BCUT2D eigenvalue weighted by atomic mass is 9.90. The van der Waals surface area contributed by atoms with Crippen LogP contribution in [0.5, 0.6) is 0 Å². The second-order valence-corrected chi connectivity index (χ2v) is 8.13. The highest BCUT2D eigenvalue weighted by Crippen LogP contribution is 2.29. The first kappa shape index (κ1) is 25.2. The van der Waals surface area contributed by atoms with E-state index >= 15 is 0 Å². The molecule has 1 fully saturated rings. The summed E-state index contributed by atoms with van der Waals surface area (Å²) in [6.07, 6.45) is -1.08. The van der Waals surface area contributed by atoms with Gasteiger partial charge in [-0.3, -0.25) is 19.7 Å². The van der Waals surface area contributed by atoms with Crippen molar-refractivity contribution in [3.8, 4) is 0 Å².